The van der Waals surface area contributed by atoms with Gasteiger partial charge < -0.3 is 9.32 Å². The topological polar surface area (TPSA) is 36.7 Å². The van der Waals surface area contributed by atoms with Crippen molar-refractivity contribution in [1.29, 1.82) is 0 Å². The highest BCUT2D eigenvalue weighted by atomic mass is 19.1. The summed E-state index contributed by atoms with van der Waals surface area (Å²) in [6.07, 6.45) is 1.57. The Morgan fingerprint density at radius 1 is 1.21 bits per heavy atom. The Morgan fingerprint density at radius 3 is 2.58 bits per heavy atom. The first-order valence-electron chi connectivity index (χ1n) is 8.40. The van der Waals surface area contributed by atoms with Gasteiger partial charge in [-0.25, -0.2) is 4.39 Å². The van der Waals surface area contributed by atoms with E-state index < -0.39 is 0 Å². The number of amides is 1. The van der Waals surface area contributed by atoms with Crippen molar-refractivity contribution in [2.24, 2.45) is 11.8 Å². The van der Waals surface area contributed by atoms with Crippen molar-refractivity contribution in [2.75, 3.05) is 26.2 Å². The van der Waals surface area contributed by atoms with E-state index in [1.165, 1.54) is 6.07 Å². The monoisotopic (exact) mass is 328 g/mol. The summed E-state index contributed by atoms with van der Waals surface area (Å²) < 4.78 is 18.6. The number of hydrogen-bond donors (Lipinski definition) is 0. The molecule has 0 aliphatic carbocycles. The molecule has 2 atom stereocenters. The third-order valence-corrected chi connectivity index (χ3v) is 5.23. The fourth-order valence-electron chi connectivity index (χ4n) is 4.06. The van der Waals surface area contributed by atoms with E-state index in [2.05, 4.69) is 4.90 Å². The van der Waals surface area contributed by atoms with Crippen LogP contribution in [0.25, 0.3) is 0 Å². The minimum atomic E-state index is -0.181. The van der Waals surface area contributed by atoms with Crippen LogP contribution >= 0.6 is 0 Å². The van der Waals surface area contributed by atoms with Gasteiger partial charge in [-0.3, -0.25) is 9.69 Å². The lowest BCUT2D eigenvalue weighted by atomic mass is 10.0. The van der Waals surface area contributed by atoms with Crippen LogP contribution in [0.3, 0.4) is 0 Å². The second kappa shape index (κ2) is 6.06. The molecule has 4 rings (SSSR count). The Morgan fingerprint density at radius 2 is 1.96 bits per heavy atom. The van der Waals surface area contributed by atoms with Crippen molar-refractivity contribution in [2.45, 2.75) is 13.5 Å². The third-order valence-electron chi connectivity index (χ3n) is 5.23. The fraction of sp³-hybridized carbons (Fsp3) is 0.421. The van der Waals surface area contributed by atoms with Gasteiger partial charge in [0, 0.05) is 32.7 Å². The highest BCUT2D eigenvalue weighted by Gasteiger charge is 2.41. The zero-order valence-corrected chi connectivity index (χ0v) is 13.7. The van der Waals surface area contributed by atoms with Crippen LogP contribution in [0.5, 0.6) is 0 Å². The summed E-state index contributed by atoms with van der Waals surface area (Å²) in [6.45, 7) is 6.14. The zero-order chi connectivity index (χ0) is 16.7. The molecule has 2 saturated heterocycles. The molecule has 126 valence electrons. The average molecular weight is 328 g/mol. The molecule has 2 aliphatic rings. The zero-order valence-electron chi connectivity index (χ0n) is 13.7. The Kier molecular flexibility index (Phi) is 3.88. The molecular weight excluding hydrogens is 307 g/mol. The fourth-order valence-corrected chi connectivity index (χ4v) is 4.06. The van der Waals surface area contributed by atoms with Gasteiger partial charge >= 0.3 is 0 Å². The van der Waals surface area contributed by atoms with Crippen LogP contribution in [0, 0.1) is 24.6 Å². The van der Waals surface area contributed by atoms with Crippen molar-refractivity contribution >= 4 is 5.91 Å². The van der Waals surface area contributed by atoms with Gasteiger partial charge in [0.15, 0.2) is 0 Å². The summed E-state index contributed by atoms with van der Waals surface area (Å²) in [5, 5.41) is 0. The Balaban J connectivity index is 1.37. The van der Waals surface area contributed by atoms with Gasteiger partial charge in [-0.15, -0.1) is 0 Å². The Bertz CT molecular complexity index is 743. The lowest BCUT2D eigenvalue weighted by molar-refractivity contribution is 0.0771. The van der Waals surface area contributed by atoms with E-state index in [9.17, 15) is 9.18 Å². The second-order valence-corrected chi connectivity index (χ2v) is 6.94. The largest absolute Gasteiger partial charge is 0.469 e. The number of halogens is 1. The molecular formula is C19H21FN2O2. The van der Waals surface area contributed by atoms with Crippen molar-refractivity contribution in [3.05, 3.63) is 59.3 Å². The maximum atomic E-state index is 13.3. The van der Waals surface area contributed by atoms with Gasteiger partial charge in [0.2, 0.25) is 0 Å². The molecule has 2 fully saturated rings. The summed E-state index contributed by atoms with van der Waals surface area (Å²) in [4.78, 5) is 16.9. The van der Waals surface area contributed by atoms with Gasteiger partial charge in [0.05, 0.1) is 11.8 Å². The molecule has 2 aliphatic heterocycles. The SMILES string of the molecule is Cc1occc1C(=O)N1C[C@H]2CN(Cc3cccc(F)c3)C[C@H]2C1. The predicted molar refractivity (Wildman–Crippen MR) is 88.0 cm³/mol. The number of hydrogen-bond acceptors (Lipinski definition) is 3. The van der Waals surface area contributed by atoms with Gasteiger partial charge in [-0.2, -0.15) is 0 Å². The smallest absolute Gasteiger partial charge is 0.257 e. The molecule has 1 amide bonds. The van der Waals surface area contributed by atoms with Crippen molar-refractivity contribution < 1.29 is 13.6 Å². The molecule has 0 saturated carbocycles. The number of carbonyl (C=O) groups is 1. The van der Waals surface area contributed by atoms with Crippen LogP contribution < -0.4 is 0 Å². The van der Waals surface area contributed by atoms with Crippen LogP contribution in [0.1, 0.15) is 21.7 Å². The van der Waals surface area contributed by atoms with Crippen LogP contribution in [0.2, 0.25) is 0 Å². The number of fused-ring (bicyclic) bond motifs is 1. The van der Waals surface area contributed by atoms with E-state index in [4.69, 9.17) is 4.42 Å². The van der Waals surface area contributed by atoms with E-state index in [-0.39, 0.29) is 11.7 Å². The molecule has 0 bridgehead atoms. The normalized spacial score (nSPS) is 23.7. The van der Waals surface area contributed by atoms with E-state index in [0.717, 1.165) is 38.3 Å². The first-order chi connectivity index (χ1) is 11.6. The van der Waals surface area contributed by atoms with Crippen LogP contribution in [-0.2, 0) is 6.54 Å². The molecule has 2 aromatic rings. The summed E-state index contributed by atoms with van der Waals surface area (Å²) in [5.41, 5.74) is 1.68. The molecule has 0 N–H and O–H groups in total. The molecule has 1 aromatic heterocycles. The highest BCUT2D eigenvalue weighted by molar-refractivity contribution is 5.95. The maximum Gasteiger partial charge on any atom is 0.257 e. The predicted octanol–water partition coefficient (Wildman–Crippen LogP) is 2.93. The van der Waals surface area contributed by atoms with Crippen LogP contribution in [-0.4, -0.2) is 41.9 Å². The van der Waals surface area contributed by atoms with Gasteiger partial charge in [-0.05, 0) is 42.5 Å². The van der Waals surface area contributed by atoms with E-state index in [0.29, 0.717) is 23.2 Å². The number of aryl methyl sites for hydroxylation is 1. The molecule has 0 spiro atoms. The Hall–Kier alpha value is -2.14. The minimum Gasteiger partial charge on any atom is -0.469 e. The van der Waals surface area contributed by atoms with Crippen molar-refractivity contribution in [1.82, 2.24) is 9.80 Å². The summed E-state index contributed by atoms with van der Waals surface area (Å²) in [7, 11) is 0. The molecule has 0 radical (unpaired) electrons. The summed E-state index contributed by atoms with van der Waals surface area (Å²) >= 11 is 0. The molecule has 24 heavy (non-hydrogen) atoms. The number of likely N-dealkylation sites (tertiary alicyclic amines) is 2. The molecule has 4 nitrogen and oxygen atoms in total. The molecule has 0 unspecified atom stereocenters. The number of furan rings is 1. The maximum absolute atomic E-state index is 13.3. The first kappa shape index (κ1) is 15.4. The third kappa shape index (κ3) is 2.84. The standard InChI is InChI=1S/C19H21FN2O2/c1-13-18(5-6-24-13)19(23)22-11-15-9-21(10-16(15)12-22)8-14-3-2-4-17(20)7-14/h2-7,15-16H,8-12H2,1H3/t15-,16+. The first-order valence-corrected chi connectivity index (χ1v) is 8.40. The van der Waals surface area contributed by atoms with Gasteiger partial charge in [0.1, 0.15) is 11.6 Å². The molecule has 3 heterocycles. The number of rotatable bonds is 3. The number of nitrogens with zero attached hydrogens (tertiary/aromatic N) is 2. The Labute approximate surface area is 140 Å². The van der Waals surface area contributed by atoms with Gasteiger partial charge in [0.25, 0.3) is 5.91 Å². The van der Waals surface area contributed by atoms with E-state index in [1.807, 2.05) is 17.9 Å². The van der Waals surface area contributed by atoms with Crippen LogP contribution in [0.15, 0.2) is 41.0 Å². The summed E-state index contributed by atoms with van der Waals surface area (Å²) in [6, 6.07) is 8.56. The highest BCUT2D eigenvalue weighted by Crippen LogP contribution is 2.33. The number of benzene rings is 1. The molecule has 1 aromatic carbocycles. The van der Waals surface area contributed by atoms with Crippen molar-refractivity contribution in [3.8, 4) is 0 Å². The number of carbonyl (C=O) groups excluding carboxylic acids is 1. The van der Waals surface area contributed by atoms with E-state index in [1.54, 1.807) is 24.5 Å². The van der Waals surface area contributed by atoms with Gasteiger partial charge in [-0.1, -0.05) is 12.1 Å². The van der Waals surface area contributed by atoms with E-state index >= 15 is 0 Å². The van der Waals surface area contributed by atoms with Crippen molar-refractivity contribution in [3.63, 3.8) is 0 Å². The lowest BCUT2D eigenvalue weighted by Gasteiger charge is -2.21. The second-order valence-electron chi connectivity index (χ2n) is 6.94. The van der Waals surface area contributed by atoms with Crippen LogP contribution in [0.4, 0.5) is 4.39 Å². The summed E-state index contributed by atoms with van der Waals surface area (Å²) in [5.74, 6) is 1.60. The lowest BCUT2D eigenvalue weighted by Crippen LogP contribution is -2.33. The average Bonchev–Trinajstić information content (AvgIpc) is 3.21. The minimum absolute atomic E-state index is 0.0762. The molecule has 5 heteroatoms. The quantitative estimate of drug-likeness (QED) is 0.869.